The van der Waals surface area contributed by atoms with E-state index in [-0.39, 0.29) is 17.3 Å². The fourth-order valence-corrected chi connectivity index (χ4v) is 0.881. The number of methoxy groups -OCH3 is 1. The largest absolute Gasteiger partial charge is 0.480 e. The maximum atomic E-state index is 10.4. The van der Waals surface area contributed by atoms with Crippen molar-refractivity contribution in [2.24, 2.45) is 0 Å². The van der Waals surface area contributed by atoms with Crippen LogP contribution in [0.3, 0.4) is 0 Å². The van der Waals surface area contributed by atoms with Gasteiger partial charge < -0.3 is 10.5 Å². The van der Waals surface area contributed by atoms with Crippen molar-refractivity contribution >= 4 is 11.5 Å². The number of nitrogens with zero attached hydrogens (tertiary/aromatic N) is 3. The van der Waals surface area contributed by atoms with Gasteiger partial charge in [-0.05, 0) is 0 Å². The van der Waals surface area contributed by atoms with Gasteiger partial charge in [0.15, 0.2) is 0 Å². The zero-order valence-electron chi connectivity index (χ0n) is 7.22. The van der Waals surface area contributed by atoms with Crippen molar-refractivity contribution < 1.29 is 9.66 Å². The van der Waals surface area contributed by atoms with Gasteiger partial charge in [-0.1, -0.05) is 0 Å². The fourth-order valence-electron chi connectivity index (χ4n) is 0.881. The lowest BCUT2D eigenvalue weighted by molar-refractivity contribution is -0.384. The average molecular weight is 194 g/mol. The molecular formula is C7H6N4O3. The van der Waals surface area contributed by atoms with Gasteiger partial charge in [0.05, 0.1) is 12.0 Å². The zero-order valence-corrected chi connectivity index (χ0v) is 7.22. The third kappa shape index (κ3) is 1.54. The van der Waals surface area contributed by atoms with Gasteiger partial charge in [0.2, 0.25) is 11.7 Å². The molecule has 0 unspecified atom stereocenters. The Balaban J connectivity index is 3.40. The van der Waals surface area contributed by atoms with E-state index in [4.69, 9.17) is 15.7 Å². The molecule has 1 aromatic heterocycles. The highest BCUT2D eigenvalue weighted by atomic mass is 16.6. The second kappa shape index (κ2) is 3.57. The predicted molar refractivity (Wildman–Crippen MR) is 46.6 cm³/mol. The molecular weight excluding hydrogens is 188 g/mol. The lowest BCUT2D eigenvalue weighted by atomic mass is 10.2. The summed E-state index contributed by atoms with van der Waals surface area (Å²) in [6.07, 6.45) is 0. The van der Waals surface area contributed by atoms with Crippen molar-refractivity contribution in [2.45, 2.75) is 0 Å². The van der Waals surface area contributed by atoms with E-state index in [1.165, 1.54) is 7.11 Å². The smallest absolute Gasteiger partial charge is 0.312 e. The number of rotatable bonds is 2. The molecule has 0 aliphatic rings. The van der Waals surface area contributed by atoms with Gasteiger partial charge in [-0.2, -0.15) is 10.2 Å². The average Bonchev–Trinajstić information content (AvgIpc) is 2.16. The van der Waals surface area contributed by atoms with Gasteiger partial charge in [-0.3, -0.25) is 10.1 Å². The summed E-state index contributed by atoms with van der Waals surface area (Å²) in [5.41, 5.74) is 4.86. The first-order valence-corrected chi connectivity index (χ1v) is 3.49. The van der Waals surface area contributed by atoms with Crippen LogP contribution < -0.4 is 10.5 Å². The predicted octanol–water partition coefficient (Wildman–Crippen LogP) is 0.452. The van der Waals surface area contributed by atoms with E-state index in [9.17, 15) is 10.1 Å². The quantitative estimate of drug-likeness (QED) is 0.539. The van der Waals surface area contributed by atoms with Crippen molar-refractivity contribution in [3.05, 3.63) is 21.7 Å². The maximum absolute atomic E-state index is 10.4. The molecule has 0 saturated carbocycles. The molecule has 0 spiro atoms. The van der Waals surface area contributed by atoms with Crippen LogP contribution in [0.5, 0.6) is 5.88 Å². The SMILES string of the molecule is COc1nc(N)c([N+](=O)[O-])cc1C#N. The highest BCUT2D eigenvalue weighted by molar-refractivity contribution is 5.59. The molecule has 0 bridgehead atoms. The number of nitro groups is 1. The Morgan fingerprint density at radius 2 is 2.43 bits per heavy atom. The minimum atomic E-state index is -0.706. The van der Waals surface area contributed by atoms with Crippen molar-refractivity contribution in [3.63, 3.8) is 0 Å². The molecule has 7 nitrogen and oxygen atoms in total. The van der Waals surface area contributed by atoms with Gasteiger partial charge in [0.25, 0.3) is 0 Å². The zero-order chi connectivity index (χ0) is 10.7. The number of nitriles is 1. The van der Waals surface area contributed by atoms with Crippen molar-refractivity contribution in [2.75, 3.05) is 12.8 Å². The second-order valence-corrected chi connectivity index (χ2v) is 2.32. The Kier molecular flexibility index (Phi) is 2.48. The molecule has 0 aromatic carbocycles. The van der Waals surface area contributed by atoms with Crippen molar-refractivity contribution in [3.8, 4) is 11.9 Å². The van der Waals surface area contributed by atoms with Gasteiger partial charge in [-0.25, -0.2) is 0 Å². The van der Waals surface area contributed by atoms with Gasteiger partial charge in [0.1, 0.15) is 11.6 Å². The van der Waals surface area contributed by atoms with Crippen LogP contribution in [0.2, 0.25) is 0 Å². The van der Waals surface area contributed by atoms with Crippen LogP contribution in [0.4, 0.5) is 11.5 Å². The summed E-state index contributed by atoms with van der Waals surface area (Å²) in [6, 6.07) is 2.75. The fraction of sp³-hybridized carbons (Fsp3) is 0.143. The van der Waals surface area contributed by atoms with E-state index < -0.39 is 10.6 Å². The molecule has 7 heteroatoms. The molecule has 0 amide bonds. The molecule has 0 atom stereocenters. The summed E-state index contributed by atoms with van der Waals surface area (Å²) < 4.78 is 4.72. The number of hydrogen-bond donors (Lipinski definition) is 1. The minimum Gasteiger partial charge on any atom is -0.480 e. The van der Waals surface area contributed by atoms with Gasteiger partial charge >= 0.3 is 5.69 Å². The first kappa shape index (κ1) is 9.73. The standard InChI is InChI=1S/C7H6N4O3/c1-14-7-4(3-8)2-5(11(12)13)6(9)10-7/h2H,1H3,(H2,9,10). The Labute approximate surface area is 78.9 Å². The summed E-state index contributed by atoms with van der Waals surface area (Å²) >= 11 is 0. The number of ether oxygens (including phenoxy) is 1. The number of aromatic nitrogens is 1. The van der Waals surface area contributed by atoms with Crippen LogP contribution >= 0.6 is 0 Å². The Morgan fingerprint density at radius 1 is 1.79 bits per heavy atom. The summed E-state index contributed by atoms with van der Waals surface area (Å²) in [5, 5.41) is 19.0. The molecule has 0 saturated heterocycles. The van der Waals surface area contributed by atoms with Crippen LogP contribution in [0.1, 0.15) is 5.56 Å². The second-order valence-electron chi connectivity index (χ2n) is 2.32. The van der Waals surface area contributed by atoms with E-state index in [1.807, 2.05) is 0 Å². The van der Waals surface area contributed by atoms with Crippen LogP contribution in [0.15, 0.2) is 6.07 Å². The lowest BCUT2D eigenvalue weighted by Gasteiger charge is -2.02. The van der Waals surface area contributed by atoms with Crippen molar-refractivity contribution in [1.82, 2.24) is 4.98 Å². The first-order chi connectivity index (χ1) is 6.60. The molecule has 0 radical (unpaired) electrons. The highest BCUT2D eigenvalue weighted by Gasteiger charge is 2.17. The van der Waals surface area contributed by atoms with Gasteiger partial charge in [-0.15, -0.1) is 0 Å². The molecule has 1 rings (SSSR count). The number of nitrogens with two attached hydrogens (primary N) is 1. The van der Waals surface area contributed by atoms with E-state index in [0.717, 1.165) is 6.07 Å². The van der Waals surface area contributed by atoms with Crippen LogP contribution in [0.25, 0.3) is 0 Å². The van der Waals surface area contributed by atoms with Crippen LogP contribution in [-0.4, -0.2) is 17.0 Å². The highest BCUT2D eigenvalue weighted by Crippen LogP contribution is 2.25. The molecule has 1 aromatic rings. The first-order valence-electron chi connectivity index (χ1n) is 3.49. The minimum absolute atomic E-state index is 0.0180. The third-order valence-electron chi connectivity index (χ3n) is 1.51. The molecule has 72 valence electrons. The Bertz CT molecular complexity index is 424. The van der Waals surface area contributed by atoms with E-state index >= 15 is 0 Å². The number of pyridine rings is 1. The molecule has 0 fully saturated rings. The maximum Gasteiger partial charge on any atom is 0.312 e. The van der Waals surface area contributed by atoms with E-state index in [1.54, 1.807) is 6.07 Å². The topological polar surface area (TPSA) is 115 Å². The van der Waals surface area contributed by atoms with E-state index in [2.05, 4.69) is 4.98 Å². The lowest BCUT2D eigenvalue weighted by Crippen LogP contribution is -2.02. The summed E-state index contributed by atoms with van der Waals surface area (Å²) in [4.78, 5) is 13.3. The molecule has 1 heterocycles. The third-order valence-corrected chi connectivity index (χ3v) is 1.51. The molecule has 2 N–H and O–H groups in total. The summed E-state index contributed by atoms with van der Waals surface area (Å²) in [6.45, 7) is 0. The number of anilines is 1. The monoisotopic (exact) mass is 194 g/mol. The van der Waals surface area contributed by atoms with Crippen LogP contribution in [0, 0.1) is 21.4 Å². The summed E-state index contributed by atoms with van der Waals surface area (Å²) in [5.74, 6) is -0.290. The van der Waals surface area contributed by atoms with Crippen molar-refractivity contribution in [1.29, 1.82) is 5.26 Å². The molecule has 0 aliphatic carbocycles. The number of hydrogen-bond acceptors (Lipinski definition) is 6. The van der Waals surface area contributed by atoms with Crippen LogP contribution in [-0.2, 0) is 0 Å². The number of nitrogen functional groups attached to an aromatic ring is 1. The van der Waals surface area contributed by atoms with E-state index in [0.29, 0.717) is 0 Å². The molecule has 14 heavy (non-hydrogen) atoms. The van der Waals surface area contributed by atoms with Gasteiger partial charge in [0, 0.05) is 6.07 Å². The Morgan fingerprint density at radius 3 is 2.86 bits per heavy atom. The normalized spacial score (nSPS) is 9.14. The Hall–Kier alpha value is -2.36. The molecule has 0 aliphatic heterocycles. The summed E-state index contributed by atoms with van der Waals surface area (Å²) in [7, 11) is 1.30.